The molecule has 1 heterocycles. The van der Waals surface area contributed by atoms with Crippen LogP contribution in [0.25, 0.3) is 0 Å². The first-order chi connectivity index (χ1) is 8.88. The average Bonchev–Trinajstić information content (AvgIpc) is 2.63. The molecule has 1 fully saturated rings. The van der Waals surface area contributed by atoms with Gasteiger partial charge in [0.05, 0.1) is 11.3 Å². The van der Waals surface area contributed by atoms with Gasteiger partial charge in [-0.3, -0.25) is 0 Å². The molecule has 3 nitrogen and oxygen atoms in total. The third kappa shape index (κ3) is 3.76. The summed E-state index contributed by atoms with van der Waals surface area (Å²) in [6.45, 7) is 7.97. The first-order valence-corrected chi connectivity index (χ1v) is 8.27. The second-order valence-corrected chi connectivity index (χ2v) is 7.27. The highest BCUT2D eigenvalue weighted by molar-refractivity contribution is 7.99. The highest BCUT2D eigenvalue weighted by Gasteiger charge is 2.23. The van der Waals surface area contributed by atoms with Crippen molar-refractivity contribution in [3.8, 4) is 0 Å². The molecule has 1 N–H and O–H groups in total. The maximum absolute atomic E-state index is 9.90. The molecule has 108 valence electrons. The zero-order valence-corrected chi connectivity index (χ0v) is 13.4. The number of aliphatic hydroxyl groups is 1. The Labute approximate surface area is 120 Å². The molecule has 1 aliphatic rings. The van der Waals surface area contributed by atoms with Crippen LogP contribution >= 0.6 is 11.8 Å². The van der Waals surface area contributed by atoms with Crippen LogP contribution in [0.2, 0.25) is 0 Å². The average molecular weight is 282 g/mol. The Bertz CT molecular complexity index is 428. The number of thioether (sulfide) groups is 1. The molecule has 0 spiro atoms. The summed E-state index contributed by atoms with van der Waals surface area (Å²) in [4.78, 5) is 4.70. The molecule has 4 heteroatoms. The fourth-order valence-corrected chi connectivity index (χ4v) is 3.82. The van der Waals surface area contributed by atoms with Gasteiger partial charge in [0.15, 0.2) is 5.16 Å². The Balaban J connectivity index is 2.20. The molecule has 0 bridgehead atoms. The van der Waals surface area contributed by atoms with E-state index in [0.717, 1.165) is 10.9 Å². The van der Waals surface area contributed by atoms with Crippen LogP contribution < -0.4 is 0 Å². The molecule has 0 amide bonds. The molecule has 2 rings (SSSR count). The van der Waals surface area contributed by atoms with Crippen molar-refractivity contribution in [1.29, 1.82) is 0 Å². The molecule has 0 radical (unpaired) electrons. The molecule has 1 aliphatic carbocycles. The van der Waals surface area contributed by atoms with Crippen LogP contribution in [0.1, 0.15) is 63.4 Å². The van der Waals surface area contributed by atoms with E-state index < -0.39 is 5.60 Å². The van der Waals surface area contributed by atoms with Crippen molar-refractivity contribution in [2.24, 2.45) is 0 Å². The van der Waals surface area contributed by atoms with Gasteiger partial charge >= 0.3 is 0 Å². The Kier molecular flexibility index (Phi) is 4.62. The Morgan fingerprint density at radius 1 is 1.26 bits per heavy atom. The van der Waals surface area contributed by atoms with Gasteiger partial charge in [-0.1, -0.05) is 31.0 Å². The topological polar surface area (TPSA) is 38.1 Å². The van der Waals surface area contributed by atoms with E-state index >= 15 is 0 Å². The second kappa shape index (κ2) is 5.88. The van der Waals surface area contributed by atoms with Gasteiger partial charge in [0.25, 0.3) is 0 Å². The molecule has 19 heavy (non-hydrogen) atoms. The third-order valence-corrected chi connectivity index (χ3v) is 5.25. The number of imidazole rings is 1. The van der Waals surface area contributed by atoms with Gasteiger partial charge in [-0.05, 0) is 40.5 Å². The summed E-state index contributed by atoms with van der Waals surface area (Å²) in [5.41, 5.74) is 1.78. The quantitative estimate of drug-likeness (QED) is 0.852. The monoisotopic (exact) mass is 282 g/mol. The predicted molar refractivity (Wildman–Crippen MR) is 80.8 cm³/mol. The van der Waals surface area contributed by atoms with Gasteiger partial charge in [-0.25, -0.2) is 4.98 Å². The minimum atomic E-state index is -0.643. The Morgan fingerprint density at radius 2 is 1.89 bits per heavy atom. The molecule has 0 aromatic carbocycles. The summed E-state index contributed by atoms with van der Waals surface area (Å²) < 4.78 is 2.42. The van der Waals surface area contributed by atoms with Crippen molar-refractivity contribution < 1.29 is 5.11 Å². The molecule has 0 aliphatic heterocycles. The smallest absolute Gasteiger partial charge is 0.168 e. The van der Waals surface area contributed by atoms with E-state index in [9.17, 15) is 5.11 Å². The molecule has 0 atom stereocenters. The standard InChI is InChI=1S/C15H26N2OS/c1-11-12(2)17(13-8-6-5-7-9-13)14(16-11)19-10-15(3,4)18/h13,18H,5-10H2,1-4H3. The predicted octanol–water partition coefficient (Wildman–Crippen LogP) is 3.87. The molecular formula is C15H26N2OS. The van der Waals surface area contributed by atoms with Crippen molar-refractivity contribution in [3.05, 3.63) is 11.4 Å². The lowest BCUT2D eigenvalue weighted by Gasteiger charge is -2.26. The SMILES string of the molecule is Cc1nc(SCC(C)(C)O)n(C2CCCCC2)c1C. The largest absolute Gasteiger partial charge is 0.390 e. The van der Waals surface area contributed by atoms with Crippen molar-refractivity contribution in [1.82, 2.24) is 9.55 Å². The van der Waals surface area contributed by atoms with Crippen molar-refractivity contribution in [3.63, 3.8) is 0 Å². The third-order valence-electron chi connectivity index (χ3n) is 3.85. The fourth-order valence-electron chi connectivity index (χ4n) is 2.71. The first kappa shape index (κ1) is 14.9. The van der Waals surface area contributed by atoms with E-state index in [1.54, 1.807) is 11.8 Å². The summed E-state index contributed by atoms with van der Waals surface area (Å²) in [6.07, 6.45) is 6.57. The number of hydrogen-bond acceptors (Lipinski definition) is 3. The lowest BCUT2D eigenvalue weighted by Crippen LogP contribution is -2.22. The van der Waals surface area contributed by atoms with E-state index in [1.165, 1.54) is 37.8 Å². The molecule has 1 saturated carbocycles. The van der Waals surface area contributed by atoms with E-state index in [2.05, 4.69) is 18.4 Å². The maximum atomic E-state index is 9.90. The lowest BCUT2D eigenvalue weighted by atomic mass is 9.95. The van der Waals surface area contributed by atoms with Crippen LogP contribution in [-0.2, 0) is 0 Å². The van der Waals surface area contributed by atoms with Gasteiger partial charge in [0.2, 0.25) is 0 Å². The number of rotatable bonds is 4. The summed E-state index contributed by atoms with van der Waals surface area (Å²) in [5.74, 6) is 0.690. The van der Waals surface area contributed by atoms with Crippen LogP contribution in [0.15, 0.2) is 5.16 Å². The van der Waals surface area contributed by atoms with Gasteiger partial charge < -0.3 is 9.67 Å². The zero-order valence-electron chi connectivity index (χ0n) is 12.6. The molecule has 0 saturated heterocycles. The van der Waals surface area contributed by atoms with Gasteiger partial charge in [-0.15, -0.1) is 0 Å². The van der Waals surface area contributed by atoms with E-state index in [1.807, 2.05) is 13.8 Å². The van der Waals surface area contributed by atoms with Crippen LogP contribution in [-0.4, -0.2) is 26.0 Å². The van der Waals surface area contributed by atoms with Crippen molar-refractivity contribution in [2.75, 3.05) is 5.75 Å². The fraction of sp³-hybridized carbons (Fsp3) is 0.800. The number of aromatic nitrogens is 2. The highest BCUT2D eigenvalue weighted by Crippen LogP contribution is 2.34. The summed E-state index contributed by atoms with van der Waals surface area (Å²) in [6, 6.07) is 0.610. The molecule has 0 unspecified atom stereocenters. The van der Waals surface area contributed by atoms with E-state index in [0.29, 0.717) is 11.8 Å². The normalized spacial score (nSPS) is 17.9. The summed E-state index contributed by atoms with van der Waals surface area (Å²) in [5, 5.41) is 11.0. The minimum absolute atomic E-state index is 0.610. The minimum Gasteiger partial charge on any atom is -0.390 e. The van der Waals surface area contributed by atoms with Crippen molar-refractivity contribution >= 4 is 11.8 Å². The Hall–Kier alpha value is -0.480. The zero-order chi connectivity index (χ0) is 14.0. The maximum Gasteiger partial charge on any atom is 0.168 e. The lowest BCUT2D eigenvalue weighted by molar-refractivity contribution is 0.107. The van der Waals surface area contributed by atoms with Gasteiger partial charge in [0, 0.05) is 17.5 Å². The molecular weight excluding hydrogens is 256 g/mol. The Morgan fingerprint density at radius 3 is 2.47 bits per heavy atom. The molecule has 1 aromatic heterocycles. The van der Waals surface area contributed by atoms with E-state index in [-0.39, 0.29) is 0 Å². The van der Waals surface area contributed by atoms with E-state index in [4.69, 9.17) is 4.98 Å². The van der Waals surface area contributed by atoms with Crippen LogP contribution in [0.4, 0.5) is 0 Å². The van der Waals surface area contributed by atoms with Gasteiger partial charge in [0.1, 0.15) is 0 Å². The van der Waals surface area contributed by atoms with Crippen LogP contribution in [0.3, 0.4) is 0 Å². The second-order valence-electron chi connectivity index (χ2n) is 6.33. The van der Waals surface area contributed by atoms with Crippen LogP contribution in [0, 0.1) is 13.8 Å². The number of aryl methyl sites for hydroxylation is 1. The summed E-state index contributed by atoms with van der Waals surface area (Å²) in [7, 11) is 0. The highest BCUT2D eigenvalue weighted by atomic mass is 32.2. The number of nitrogens with zero attached hydrogens (tertiary/aromatic N) is 2. The van der Waals surface area contributed by atoms with Crippen molar-refractivity contribution in [2.45, 2.75) is 76.6 Å². The molecule has 1 aromatic rings. The van der Waals surface area contributed by atoms with Crippen LogP contribution in [0.5, 0.6) is 0 Å². The summed E-state index contributed by atoms with van der Waals surface area (Å²) >= 11 is 1.68. The number of hydrogen-bond donors (Lipinski definition) is 1. The van der Waals surface area contributed by atoms with Gasteiger partial charge in [-0.2, -0.15) is 0 Å². The first-order valence-electron chi connectivity index (χ1n) is 7.29.